The maximum atomic E-state index is 12.9. The summed E-state index contributed by atoms with van der Waals surface area (Å²) in [5.41, 5.74) is -0.619. The lowest BCUT2D eigenvalue weighted by atomic mass is 9.86. The number of hydrogen-bond donors (Lipinski definition) is 3. The lowest BCUT2D eigenvalue weighted by Gasteiger charge is -2.46. The van der Waals surface area contributed by atoms with Gasteiger partial charge in [0.2, 0.25) is 5.91 Å². The Morgan fingerprint density at radius 3 is 2.21 bits per heavy atom. The van der Waals surface area contributed by atoms with Gasteiger partial charge >= 0.3 is 0 Å². The molecule has 1 heterocycles. The zero-order valence-corrected chi connectivity index (χ0v) is 18.4. The Labute approximate surface area is 169 Å². The van der Waals surface area contributed by atoms with E-state index in [-0.39, 0.29) is 17.7 Å². The monoisotopic (exact) mass is 401 g/mol. The Morgan fingerprint density at radius 2 is 1.71 bits per heavy atom. The van der Waals surface area contributed by atoms with E-state index in [0.29, 0.717) is 19.3 Å². The molecule has 1 aliphatic rings. The zero-order chi connectivity index (χ0) is 21.6. The van der Waals surface area contributed by atoms with E-state index in [1.165, 1.54) is 0 Å². The number of aliphatic hydroxyl groups is 2. The predicted molar refractivity (Wildman–Crippen MR) is 107 cm³/mol. The van der Waals surface area contributed by atoms with Crippen LogP contribution in [0.5, 0.6) is 0 Å². The van der Waals surface area contributed by atoms with E-state index in [1.54, 1.807) is 6.92 Å². The Kier molecular flexibility index (Phi) is 9.53. The van der Waals surface area contributed by atoms with E-state index in [9.17, 15) is 19.8 Å². The van der Waals surface area contributed by atoms with Crippen LogP contribution < -0.4 is 5.32 Å². The average molecular weight is 402 g/mol. The normalized spacial score (nSPS) is 30.5. The Morgan fingerprint density at radius 1 is 1.11 bits per heavy atom. The van der Waals surface area contributed by atoms with E-state index < -0.39 is 42.0 Å². The highest BCUT2D eigenvalue weighted by molar-refractivity contribution is 5.98. The first kappa shape index (κ1) is 25.0. The van der Waals surface area contributed by atoms with Crippen molar-refractivity contribution in [3.8, 4) is 0 Å². The molecule has 28 heavy (non-hydrogen) atoms. The maximum Gasteiger partial charge on any atom is 0.258 e. The van der Waals surface area contributed by atoms with Crippen molar-refractivity contribution in [3.63, 3.8) is 0 Å². The van der Waals surface area contributed by atoms with E-state index in [1.807, 2.05) is 41.5 Å². The molecule has 0 aliphatic carbocycles. The Hall–Kier alpha value is -1.02. The summed E-state index contributed by atoms with van der Waals surface area (Å²) in [5.74, 6) is -1.41. The summed E-state index contributed by atoms with van der Waals surface area (Å²) in [4.78, 5) is 25.1. The van der Waals surface area contributed by atoms with Gasteiger partial charge in [0.05, 0.1) is 11.7 Å². The topological polar surface area (TPSA) is 105 Å². The first-order chi connectivity index (χ1) is 13.0. The molecule has 0 radical (unpaired) electrons. The molecule has 1 saturated heterocycles. The van der Waals surface area contributed by atoms with E-state index >= 15 is 0 Å². The molecule has 164 valence electrons. The van der Waals surface area contributed by atoms with E-state index in [2.05, 4.69) is 5.32 Å². The lowest BCUT2D eigenvalue weighted by Crippen LogP contribution is -2.65. The number of amides is 2. The molecule has 0 saturated carbocycles. The van der Waals surface area contributed by atoms with Crippen molar-refractivity contribution >= 4 is 11.8 Å². The number of imide groups is 1. The van der Waals surface area contributed by atoms with Crippen LogP contribution in [0.4, 0.5) is 0 Å². The van der Waals surface area contributed by atoms with Gasteiger partial charge in [-0.05, 0) is 32.6 Å². The third kappa shape index (κ3) is 6.24. The van der Waals surface area contributed by atoms with Gasteiger partial charge in [0.25, 0.3) is 5.91 Å². The van der Waals surface area contributed by atoms with Crippen molar-refractivity contribution in [1.82, 2.24) is 5.32 Å². The summed E-state index contributed by atoms with van der Waals surface area (Å²) in [6.45, 7) is 13.2. The molecule has 7 heteroatoms. The predicted octanol–water partition coefficient (Wildman–Crippen LogP) is 2.17. The van der Waals surface area contributed by atoms with Crippen LogP contribution in [0.25, 0.3) is 0 Å². The van der Waals surface area contributed by atoms with Gasteiger partial charge in [-0.1, -0.05) is 47.5 Å². The number of nitrogens with one attached hydrogen (secondary N) is 1. The first-order valence-electron chi connectivity index (χ1n) is 10.5. The zero-order valence-electron chi connectivity index (χ0n) is 18.4. The molecule has 0 aromatic heterocycles. The molecule has 1 aliphatic heterocycles. The van der Waals surface area contributed by atoms with Crippen LogP contribution in [0.1, 0.15) is 74.1 Å². The largest absolute Gasteiger partial charge is 0.388 e. The average Bonchev–Trinajstić information content (AvgIpc) is 2.63. The van der Waals surface area contributed by atoms with Crippen molar-refractivity contribution in [1.29, 1.82) is 0 Å². The van der Waals surface area contributed by atoms with Crippen molar-refractivity contribution in [3.05, 3.63) is 0 Å². The number of carbonyl (C=O) groups excluding carboxylic acids is 2. The maximum absolute atomic E-state index is 12.9. The molecule has 1 fully saturated rings. The fourth-order valence-electron chi connectivity index (χ4n) is 3.47. The molecule has 1 rings (SSSR count). The van der Waals surface area contributed by atoms with Crippen LogP contribution in [0, 0.1) is 11.8 Å². The van der Waals surface area contributed by atoms with Gasteiger partial charge in [-0.3, -0.25) is 14.9 Å². The van der Waals surface area contributed by atoms with Crippen LogP contribution in [0.2, 0.25) is 0 Å². The Balaban J connectivity index is 3.13. The van der Waals surface area contributed by atoms with Crippen molar-refractivity contribution < 1.29 is 29.3 Å². The second-order valence-corrected chi connectivity index (χ2v) is 8.64. The summed E-state index contributed by atoms with van der Waals surface area (Å²) in [5, 5.41) is 23.7. The van der Waals surface area contributed by atoms with Crippen LogP contribution in [0.3, 0.4) is 0 Å². The highest BCUT2D eigenvalue weighted by Gasteiger charge is 2.51. The van der Waals surface area contributed by atoms with Crippen LogP contribution >= 0.6 is 0 Å². The van der Waals surface area contributed by atoms with Gasteiger partial charge in [-0.15, -0.1) is 0 Å². The molecule has 7 nitrogen and oxygen atoms in total. The third-order valence-electron chi connectivity index (χ3n) is 5.70. The third-order valence-corrected chi connectivity index (χ3v) is 5.70. The summed E-state index contributed by atoms with van der Waals surface area (Å²) >= 11 is 0. The number of rotatable bonds is 9. The first-order valence-corrected chi connectivity index (χ1v) is 10.5. The Bertz CT molecular complexity index is 523. The highest BCUT2D eigenvalue weighted by Crippen LogP contribution is 2.32. The number of hydrogen-bond acceptors (Lipinski definition) is 6. The summed E-state index contributed by atoms with van der Waals surface area (Å²) in [6.07, 6.45) is -2.55. The minimum absolute atomic E-state index is 0.0742. The molecule has 0 spiro atoms. The fraction of sp³-hybridized carbons (Fsp3) is 0.905. The number of ether oxygens (including phenoxy) is 2. The quantitative estimate of drug-likeness (QED) is 0.547. The fourth-order valence-corrected chi connectivity index (χ4v) is 3.47. The minimum Gasteiger partial charge on any atom is -0.388 e. The molecule has 0 aromatic carbocycles. The van der Waals surface area contributed by atoms with E-state index in [0.717, 1.165) is 6.42 Å². The van der Waals surface area contributed by atoms with Crippen LogP contribution in [-0.4, -0.2) is 58.1 Å². The van der Waals surface area contributed by atoms with Crippen molar-refractivity contribution in [2.24, 2.45) is 11.8 Å². The van der Waals surface area contributed by atoms with Gasteiger partial charge in [-0.25, -0.2) is 0 Å². The molecule has 0 bridgehead atoms. The summed E-state index contributed by atoms with van der Waals surface area (Å²) < 4.78 is 12.0. The van der Waals surface area contributed by atoms with Crippen molar-refractivity contribution in [2.45, 2.75) is 110 Å². The van der Waals surface area contributed by atoms with Gasteiger partial charge in [0.1, 0.15) is 18.3 Å². The number of carbonyl (C=O) groups is 2. The van der Waals surface area contributed by atoms with Gasteiger partial charge in [0.15, 0.2) is 6.10 Å². The van der Waals surface area contributed by atoms with Gasteiger partial charge in [-0.2, -0.15) is 0 Å². The molecular weight excluding hydrogens is 362 g/mol. The summed E-state index contributed by atoms with van der Waals surface area (Å²) in [6, 6.07) is 0. The van der Waals surface area contributed by atoms with Crippen molar-refractivity contribution in [2.75, 3.05) is 0 Å². The van der Waals surface area contributed by atoms with Gasteiger partial charge < -0.3 is 19.7 Å². The molecule has 3 N–H and O–H groups in total. The minimum atomic E-state index is -1.29. The highest BCUT2D eigenvalue weighted by atomic mass is 16.6. The smallest absolute Gasteiger partial charge is 0.258 e. The second kappa shape index (κ2) is 10.7. The molecule has 2 amide bonds. The molecule has 0 aromatic rings. The van der Waals surface area contributed by atoms with E-state index in [4.69, 9.17) is 9.47 Å². The molecule has 2 unspecified atom stereocenters. The second-order valence-electron chi connectivity index (χ2n) is 8.64. The van der Waals surface area contributed by atoms with Crippen LogP contribution in [-0.2, 0) is 19.1 Å². The SMILES string of the molecule is CCCC(C)(C)O[C@@H]1C(C(=O)NC(=O)C(C)CC)O[C@H]([C@@H](C)CC)[C@@H](O)[C@H]1O. The van der Waals surface area contributed by atoms with Crippen LogP contribution in [0.15, 0.2) is 0 Å². The van der Waals surface area contributed by atoms with Gasteiger partial charge in [0, 0.05) is 5.92 Å². The molecule has 7 atom stereocenters. The number of aliphatic hydroxyl groups excluding tert-OH is 2. The summed E-state index contributed by atoms with van der Waals surface area (Å²) in [7, 11) is 0. The molecular formula is C21H39NO6. The lowest BCUT2D eigenvalue weighted by molar-refractivity contribution is -0.261. The standard InChI is InChI=1S/C21H39NO6/c1-8-11-21(6,7)28-17-15(24)14(23)16(12(4)9-2)27-18(17)20(26)22-19(25)13(5)10-3/h12-18,23-24H,8-11H2,1-7H3,(H,22,25,26)/t12-,13?,14-,15+,16+,17-,18?/m0/s1.